The summed E-state index contributed by atoms with van der Waals surface area (Å²) in [5, 5.41) is 16.2. The van der Waals surface area contributed by atoms with Gasteiger partial charge in [0.25, 0.3) is 0 Å². The van der Waals surface area contributed by atoms with Crippen LogP contribution in [0.4, 0.5) is 24.7 Å². The zero-order valence-corrected chi connectivity index (χ0v) is 22.1. The smallest absolute Gasteiger partial charge is 0.475 e. The van der Waals surface area contributed by atoms with Crippen molar-refractivity contribution < 1.29 is 23.1 Å². The molecule has 4 rings (SSSR count). The summed E-state index contributed by atoms with van der Waals surface area (Å²) in [6.45, 7) is 12.6. The van der Waals surface area contributed by atoms with Crippen LogP contribution in [0.3, 0.4) is 0 Å². The van der Waals surface area contributed by atoms with Gasteiger partial charge in [-0.3, -0.25) is 10.00 Å². The molecule has 1 fully saturated rings. The van der Waals surface area contributed by atoms with E-state index in [1.807, 2.05) is 6.07 Å². The molecule has 0 spiro atoms. The van der Waals surface area contributed by atoms with E-state index in [-0.39, 0.29) is 0 Å². The summed E-state index contributed by atoms with van der Waals surface area (Å²) in [4.78, 5) is 24.8. The summed E-state index contributed by atoms with van der Waals surface area (Å²) >= 11 is 6.23. The monoisotopic (exact) mass is 551 g/mol. The van der Waals surface area contributed by atoms with Crippen molar-refractivity contribution in [2.24, 2.45) is 0 Å². The van der Waals surface area contributed by atoms with Crippen molar-refractivity contribution in [3.05, 3.63) is 40.8 Å². The molecule has 2 aromatic heterocycles. The SMILES string of the molecule is CCN(CC)CC#Cc1[nH]nc2ncnc(N3CCN(c4cc(Cl)ccc4C)CC3)c12.O=C(O)C(F)(F)F. The van der Waals surface area contributed by atoms with E-state index in [4.69, 9.17) is 21.5 Å². The van der Waals surface area contributed by atoms with Crippen molar-refractivity contribution in [3.63, 3.8) is 0 Å². The minimum absolute atomic E-state index is 0.658. The molecule has 0 unspecified atom stereocenters. The van der Waals surface area contributed by atoms with Crippen LogP contribution in [0.15, 0.2) is 24.5 Å². The first-order valence-electron chi connectivity index (χ1n) is 12.0. The van der Waals surface area contributed by atoms with Crippen LogP contribution in [0.5, 0.6) is 0 Å². The predicted octanol–water partition coefficient (Wildman–Crippen LogP) is 3.97. The average molecular weight is 552 g/mol. The lowest BCUT2D eigenvalue weighted by atomic mass is 10.1. The van der Waals surface area contributed by atoms with Crippen molar-refractivity contribution >= 4 is 40.1 Å². The molecule has 1 aliphatic rings. The highest BCUT2D eigenvalue weighted by Crippen LogP contribution is 2.29. The van der Waals surface area contributed by atoms with Crippen molar-refractivity contribution in [2.45, 2.75) is 26.9 Å². The second kappa shape index (κ2) is 12.8. The number of piperazine rings is 1. The molecule has 3 aromatic rings. The van der Waals surface area contributed by atoms with Crippen LogP contribution in [0.2, 0.25) is 5.02 Å². The van der Waals surface area contributed by atoms with Gasteiger partial charge in [0.15, 0.2) is 5.65 Å². The Hall–Kier alpha value is -3.56. The Bertz CT molecular complexity index is 1310. The average Bonchev–Trinajstić information content (AvgIpc) is 3.31. The Morgan fingerprint density at radius 2 is 1.79 bits per heavy atom. The van der Waals surface area contributed by atoms with E-state index in [1.54, 1.807) is 6.33 Å². The van der Waals surface area contributed by atoms with Crippen LogP contribution in [0.25, 0.3) is 11.0 Å². The lowest BCUT2D eigenvalue weighted by Crippen LogP contribution is -2.47. The molecule has 2 N–H and O–H groups in total. The zero-order valence-electron chi connectivity index (χ0n) is 21.3. The number of anilines is 2. The van der Waals surface area contributed by atoms with Crippen molar-refractivity contribution in [3.8, 4) is 11.8 Å². The van der Waals surface area contributed by atoms with Crippen molar-refractivity contribution in [1.29, 1.82) is 0 Å². The van der Waals surface area contributed by atoms with E-state index in [1.165, 1.54) is 11.3 Å². The molecule has 38 heavy (non-hydrogen) atoms. The Kier molecular flexibility index (Phi) is 9.77. The molecule has 9 nitrogen and oxygen atoms in total. The molecule has 0 saturated carbocycles. The van der Waals surface area contributed by atoms with E-state index in [2.05, 4.69) is 79.6 Å². The first kappa shape index (κ1) is 29.0. The highest BCUT2D eigenvalue weighted by molar-refractivity contribution is 6.30. The topological polar surface area (TPSA) is 101 Å². The lowest BCUT2D eigenvalue weighted by Gasteiger charge is -2.37. The molecule has 0 radical (unpaired) electrons. The largest absolute Gasteiger partial charge is 0.490 e. The first-order valence-corrected chi connectivity index (χ1v) is 12.4. The molecule has 204 valence electrons. The minimum Gasteiger partial charge on any atom is -0.475 e. The summed E-state index contributed by atoms with van der Waals surface area (Å²) in [5.74, 6) is 4.65. The van der Waals surface area contributed by atoms with Crippen LogP contribution in [0.1, 0.15) is 25.1 Å². The molecule has 1 aliphatic heterocycles. The molecule has 3 heterocycles. The normalized spacial score (nSPS) is 13.7. The molecule has 0 aliphatic carbocycles. The number of carbonyl (C=O) groups is 1. The molecule has 1 saturated heterocycles. The Morgan fingerprint density at radius 3 is 2.39 bits per heavy atom. The molecule has 1 aromatic carbocycles. The molecule has 13 heteroatoms. The van der Waals surface area contributed by atoms with Gasteiger partial charge in [-0.05, 0) is 43.6 Å². The van der Waals surface area contributed by atoms with E-state index in [9.17, 15) is 13.2 Å². The second-order valence-electron chi connectivity index (χ2n) is 8.47. The maximum Gasteiger partial charge on any atom is 0.490 e. The number of hydrogen-bond acceptors (Lipinski definition) is 7. The number of benzene rings is 1. The predicted molar refractivity (Wildman–Crippen MR) is 141 cm³/mol. The number of aromatic nitrogens is 4. The lowest BCUT2D eigenvalue weighted by molar-refractivity contribution is -0.192. The van der Waals surface area contributed by atoms with Gasteiger partial charge in [-0.2, -0.15) is 18.3 Å². The number of hydrogen-bond donors (Lipinski definition) is 2. The Balaban J connectivity index is 0.000000505. The third-order valence-electron chi connectivity index (χ3n) is 6.07. The number of aliphatic carboxylic acids is 1. The van der Waals surface area contributed by atoms with Crippen LogP contribution in [-0.2, 0) is 4.79 Å². The van der Waals surface area contributed by atoms with Crippen LogP contribution >= 0.6 is 11.6 Å². The summed E-state index contributed by atoms with van der Waals surface area (Å²) < 4.78 is 31.7. The van der Waals surface area contributed by atoms with Gasteiger partial charge in [0.2, 0.25) is 0 Å². The molecule has 0 atom stereocenters. The van der Waals surface area contributed by atoms with Crippen molar-refractivity contribution in [2.75, 3.05) is 55.6 Å². The van der Waals surface area contributed by atoms with Gasteiger partial charge in [0, 0.05) is 36.9 Å². The fourth-order valence-electron chi connectivity index (χ4n) is 3.94. The Labute approximate surface area is 223 Å². The fraction of sp³-hybridized carbons (Fsp3) is 0.440. The third kappa shape index (κ3) is 7.26. The summed E-state index contributed by atoms with van der Waals surface area (Å²) in [6.07, 6.45) is -3.50. The summed E-state index contributed by atoms with van der Waals surface area (Å²) in [7, 11) is 0. The van der Waals surface area contributed by atoms with E-state index >= 15 is 0 Å². The van der Waals surface area contributed by atoms with Crippen LogP contribution in [0, 0.1) is 18.8 Å². The van der Waals surface area contributed by atoms with Gasteiger partial charge in [-0.1, -0.05) is 37.4 Å². The maximum atomic E-state index is 10.6. The number of aromatic amines is 1. The fourth-order valence-corrected chi connectivity index (χ4v) is 4.11. The van der Waals surface area contributed by atoms with Gasteiger partial charge in [-0.15, -0.1) is 0 Å². The number of fused-ring (bicyclic) bond motifs is 1. The second-order valence-corrected chi connectivity index (χ2v) is 8.90. The Morgan fingerprint density at radius 1 is 1.16 bits per heavy atom. The standard InChI is InChI=1S/C23H28ClN7.C2HF3O2/c1-4-29(5-2)10-6-7-19-21-22(28-27-19)25-16-26-23(21)31-13-11-30(12-14-31)20-15-18(24)9-8-17(20)3;3-2(4,5)1(6)7/h8-9,15-16H,4-5,10-14H2,1-3H3,(H,25,26,27,28);(H,6,7). The highest BCUT2D eigenvalue weighted by Gasteiger charge is 2.38. The minimum atomic E-state index is -5.08. The number of H-pyrrole nitrogens is 1. The van der Waals surface area contributed by atoms with Gasteiger partial charge in [-0.25, -0.2) is 14.8 Å². The summed E-state index contributed by atoms with van der Waals surface area (Å²) in [6, 6.07) is 6.07. The number of carboxylic acids is 1. The number of carboxylic acid groups (broad SMARTS) is 1. The van der Waals surface area contributed by atoms with Crippen LogP contribution < -0.4 is 9.80 Å². The number of alkyl halides is 3. The molecular weight excluding hydrogens is 523 g/mol. The zero-order chi connectivity index (χ0) is 27.9. The van der Waals surface area contributed by atoms with E-state index in [0.29, 0.717) is 5.65 Å². The van der Waals surface area contributed by atoms with Crippen molar-refractivity contribution in [1.82, 2.24) is 25.1 Å². The number of rotatable bonds is 5. The maximum absolute atomic E-state index is 10.6. The first-order chi connectivity index (χ1) is 18.0. The number of aryl methyl sites for hydroxylation is 1. The van der Waals surface area contributed by atoms with Crippen LogP contribution in [-0.4, -0.2) is 88.1 Å². The van der Waals surface area contributed by atoms with E-state index < -0.39 is 12.1 Å². The van der Waals surface area contributed by atoms with Gasteiger partial charge in [0.1, 0.15) is 17.8 Å². The van der Waals surface area contributed by atoms with Gasteiger partial charge in [0.05, 0.1) is 11.9 Å². The quantitative estimate of drug-likeness (QED) is 0.459. The molecule has 0 bridgehead atoms. The molecular formula is C25H29ClF3N7O2. The number of nitrogens with zero attached hydrogens (tertiary/aromatic N) is 6. The highest BCUT2D eigenvalue weighted by atomic mass is 35.5. The van der Waals surface area contributed by atoms with E-state index in [0.717, 1.165) is 67.7 Å². The summed E-state index contributed by atoms with van der Waals surface area (Å²) in [5.41, 5.74) is 3.88. The van der Waals surface area contributed by atoms with Gasteiger partial charge >= 0.3 is 12.1 Å². The van der Waals surface area contributed by atoms with Gasteiger partial charge < -0.3 is 14.9 Å². The number of halogens is 4. The number of nitrogens with one attached hydrogen (secondary N) is 1. The third-order valence-corrected chi connectivity index (χ3v) is 6.31. The molecule has 0 amide bonds.